The van der Waals surface area contributed by atoms with Crippen molar-refractivity contribution in [2.45, 2.75) is 52.7 Å². The van der Waals surface area contributed by atoms with Crippen molar-refractivity contribution in [1.82, 2.24) is 15.3 Å². The fourth-order valence-electron chi connectivity index (χ4n) is 2.20. The first-order chi connectivity index (χ1) is 8.45. The largest absolute Gasteiger partial charge is 0.475 e. The van der Waals surface area contributed by atoms with Gasteiger partial charge in [0.25, 0.3) is 0 Å². The summed E-state index contributed by atoms with van der Waals surface area (Å²) in [6.07, 6.45) is 1.72. The predicted octanol–water partition coefficient (Wildman–Crippen LogP) is 2.61. The molecule has 1 heterocycles. The van der Waals surface area contributed by atoms with Gasteiger partial charge in [-0.1, -0.05) is 13.8 Å². The lowest BCUT2D eigenvalue weighted by molar-refractivity contribution is 0.231. The molecule has 0 aliphatic rings. The number of hydrogen-bond donors (Lipinski definition) is 1. The van der Waals surface area contributed by atoms with Crippen molar-refractivity contribution in [2.24, 2.45) is 5.92 Å². The predicted molar refractivity (Wildman–Crippen MR) is 73.9 cm³/mol. The maximum atomic E-state index is 5.63. The Balaban J connectivity index is 2.98. The van der Waals surface area contributed by atoms with E-state index in [1.54, 1.807) is 6.33 Å². The maximum absolute atomic E-state index is 5.63. The highest BCUT2D eigenvalue weighted by Crippen LogP contribution is 2.27. The summed E-state index contributed by atoms with van der Waals surface area (Å²) < 4.78 is 5.63. The minimum atomic E-state index is 0.131. The van der Waals surface area contributed by atoms with Crippen molar-refractivity contribution in [3.8, 4) is 5.88 Å². The van der Waals surface area contributed by atoms with Gasteiger partial charge in [0, 0.05) is 18.0 Å². The van der Waals surface area contributed by atoms with Crippen molar-refractivity contribution >= 4 is 0 Å². The summed E-state index contributed by atoms with van der Waals surface area (Å²) in [7, 11) is 1.98. The van der Waals surface area contributed by atoms with Crippen LogP contribution >= 0.6 is 0 Å². The van der Waals surface area contributed by atoms with E-state index in [2.05, 4.69) is 36.1 Å². The molecule has 0 aliphatic heterocycles. The van der Waals surface area contributed by atoms with Crippen LogP contribution in [0.5, 0.6) is 5.88 Å². The molecule has 0 fully saturated rings. The first-order valence-electron chi connectivity index (χ1n) is 6.61. The molecule has 18 heavy (non-hydrogen) atoms. The molecule has 0 aromatic carbocycles. The molecule has 102 valence electrons. The van der Waals surface area contributed by atoms with E-state index in [4.69, 9.17) is 4.74 Å². The third kappa shape index (κ3) is 3.95. The molecule has 4 nitrogen and oxygen atoms in total. The first-order valence-corrected chi connectivity index (χ1v) is 6.61. The molecule has 0 saturated carbocycles. The Morgan fingerprint density at radius 3 is 2.28 bits per heavy atom. The molecule has 0 radical (unpaired) electrons. The summed E-state index contributed by atoms with van der Waals surface area (Å²) in [5.74, 6) is 1.52. The minimum absolute atomic E-state index is 0.131. The van der Waals surface area contributed by atoms with Crippen molar-refractivity contribution in [3.63, 3.8) is 0 Å². The molecule has 0 aliphatic carbocycles. The van der Waals surface area contributed by atoms with E-state index in [1.807, 2.05) is 27.0 Å². The van der Waals surface area contributed by atoms with E-state index in [0.29, 0.717) is 23.8 Å². The van der Waals surface area contributed by atoms with Crippen molar-refractivity contribution in [3.05, 3.63) is 18.1 Å². The quantitative estimate of drug-likeness (QED) is 0.844. The Bertz CT molecular complexity index is 366. The van der Waals surface area contributed by atoms with Crippen molar-refractivity contribution in [2.75, 3.05) is 7.05 Å². The van der Waals surface area contributed by atoms with E-state index in [0.717, 1.165) is 5.69 Å². The SMILES string of the molecule is CNC(C)C(c1cc(OC(C)C)ncn1)C(C)C. The Morgan fingerprint density at radius 1 is 1.11 bits per heavy atom. The van der Waals surface area contributed by atoms with Gasteiger partial charge in [0.2, 0.25) is 5.88 Å². The molecule has 1 N–H and O–H groups in total. The lowest BCUT2D eigenvalue weighted by Gasteiger charge is -2.26. The van der Waals surface area contributed by atoms with Crippen LogP contribution in [0, 0.1) is 5.92 Å². The number of nitrogens with zero attached hydrogens (tertiary/aromatic N) is 2. The molecule has 1 aromatic rings. The molecule has 0 saturated heterocycles. The molecule has 0 amide bonds. The third-order valence-electron chi connectivity index (χ3n) is 3.07. The van der Waals surface area contributed by atoms with E-state index < -0.39 is 0 Å². The van der Waals surface area contributed by atoms with Gasteiger partial charge in [-0.3, -0.25) is 0 Å². The third-order valence-corrected chi connectivity index (χ3v) is 3.07. The minimum Gasteiger partial charge on any atom is -0.475 e. The van der Waals surface area contributed by atoms with Crippen LogP contribution in [0.25, 0.3) is 0 Å². The molecule has 2 atom stereocenters. The Hall–Kier alpha value is -1.16. The zero-order valence-electron chi connectivity index (χ0n) is 12.3. The Morgan fingerprint density at radius 2 is 1.78 bits per heavy atom. The van der Waals surface area contributed by atoms with Crippen LogP contribution in [0.3, 0.4) is 0 Å². The number of hydrogen-bond acceptors (Lipinski definition) is 4. The van der Waals surface area contributed by atoms with Gasteiger partial charge in [0.15, 0.2) is 0 Å². The van der Waals surface area contributed by atoms with Crippen LogP contribution in [-0.2, 0) is 0 Å². The summed E-state index contributed by atoms with van der Waals surface area (Å²) in [6, 6.07) is 2.32. The molecule has 0 bridgehead atoms. The molecule has 1 aromatic heterocycles. The second-order valence-corrected chi connectivity index (χ2v) is 5.29. The standard InChI is InChI=1S/C14H25N3O/c1-9(2)14(11(5)15-6)12-7-13(17-8-16-12)18-10(3)4/h7-11,14-15H,1-6H3. The van der Waals surface area contributed by atoms with Crippen LogP contribution in [0.4, 0.5) is 0 Å². The number of nitrogens with one attached hydrogen (secondary N) is 1. The number of aromatic nitrogens is 2. The van der Waals surface area contributed by atoms with E-state index in [1.165, 1.54) is 0 Å². The monoisotopic (exact) mass is 251 g/mol. The molecule has 4 heteroatoms. The summed E-state index contributed by atoms with van der Waals surface area (Å²) in [4.78, 5) is 8.56. The van der Waals surface area contributed by atoms with Crippen LogP contribution in [0.15, 0.2) is 12.4 Å². The molecule has 1 rings (SSSR count). The molecule has 2 unspecified atom stereocenters. The summed E-state index contributed by atoms with van der Waals surface area (Å²) >= 11 is 0. The molecule has 0 spiro atoms. The average molecular weight is 251 g/mol. The van der Waals surface area contributed by atoms with Gasteiger partial charge < -0.3 is 10.1 Å². The fourth-order valence-corrected chi connectivity index (χ4v) is 2.20. The lowest BCUT2D eigenvalue weighted by atomic mass is 9.86. The Kier molecular flexibility index (Phi) is 5.54. The Labute approximate surface area is 110 Å². The highest BCUT2D eigenvalue weighted by molar-refractivity contribution is 5.19. The molecular weight excluding hydrogens is 226 g/mol. The van der Waals surface area contributed by atoms with Gasteiger partial charge in [-0.15, -0.1) is 0 Å². The first kappa shape index (κ1) is 14.9. The second-order valence-electron chi connectivity index (χ2n) is 5.29. The van der Waals surface area contributed by atoms with Crippen molar-refractivity contribution in [1.29, 1.82) is 0 Å². The van der Waals surface area contributed by atoms with E-state index in [9.17, 15) is 0 Å². The van der Waals surface area contributed by atoms with Crippen molar-refractivity contribution < 1.29 is 4.74 Å². The van der Waals surface area contributed by atoms with Gasteiger partial charge in [0.05, 0.1) is 11.8 Å². The normalized spacial score (nSPS) is 14.9. The number of ether oxygens (including phenoxy) is 1. The number of likely N-dealkylation sites (N-methyl/N-ethyl adjacent to an activating group) is 1. The van der Waals surface area contributed by atoms with Gasteiger partial charge in [0.1, 0.15) is 6.33 Å². The zero-order chi connectivity index (χ0) is 13.7. The zero-order valence-corrected chi connectivity index (χ0v) is 12.3. The summed E-state index contributed by atoms with van der Waals surface area (Å²) in [6.45, 7) is 10.6. The van der Waals surface area contributed by atoms with Crippen LogP contribution < -0.4 is 10.1 Å². The van der Waals surface area contributed by atoms with Gasteiger partial charge in [-0.25, -0.2) is 9.97 Å². The summed E-state index contributed by atoms with van der Waals surface area (Å²) in [5, 5.41) is 3.30. The highest BCUT2D eigenvalue weighted by atomic mass is 16.5. The maximum Gasteiger partial charge on any atom is 0.216 e. The smallest absolute Gasteiger partial charge is 0.216 e. The van der Waals surface area contributed by atoms with Crippen LogP contribution in [0.1, 0.15) is 46.2 Å². The highest BCUT2D eigenvalue weighted by Gasteiger charge is 2.23. The second kappa shape index (κ2) is 6.69. The van der Waals surface area contributed by atoms with Gasteiger partial charge in [-0.05, 0) is 33.7 Å². The lowest BCUT2D eigenvalue weighted by Crippen LogP contribution is -2.32. The van der Waals surface area contributed by atoms with Crippen LogP contribution in [0.2, 0.25) is 0 Å². The average Bonchev–Trinajstić information content (AvgIpc) is 2.28. The topological polar surface area (TPSA) is 47.0 Å². The van der Waals surface area contributed by atoms with Gasteiger partial charge >= 0.3 is 0 Å². The van der Waals surface area contributed by atoms with E-state index in [-0.39, 0.29) is 6.10 Å². The molecular formula is C14H25N3O. The van der Waals surface area contributed by atoms with E-state index >= 15 is 0 Å². The van der Waals surface area contributed by atoms with Crippen LogP contribution in [-0.4, -0.2) is 29.2 Å². The summed E-state index contributed by atoms with van der Waals surface area (Å²) in [5.41, 5.74) is 1.04. The fraction of sp³-hybridized carbons (Fsp3) is 0.714. The number of rotatable bonds is 6. The van der Waals surface area contributed by atoms with Gasteiger partial charge in [-0.2, -0.15) is 0 Å².